The lowest BCUT2D eigenvalue weighted by atomic mass is 10.0. The van der Waals surface area contributed by atoms with Crippen LogP contribution in [0.25, 0.3) is 0 Å². The van der Waals surface area contributed by atoms with Gasteiger partial charge in [-0.05, 0) is 36.6 Å². The van der Waals surface area contributed by atoms with E-state index >= 15 is 0 Å². The molecule has 1 heterocycles. The van der Waals surface area contributed by atoms with Crippen LogP contribution in [0.5, 0.6) is 0 Å². The standard InChI is InChI=1S/C14H23NS/c1-10(2)14(13-5-4-8-16-13)15-11(3)9-12-6-7-12/h4-5,8,10-12,14-15H,6-7,9H2,1-3H3. The molecule has 2 heteroatoms. The van der Waals surface area contributed by atoms with Crippen molar-refractivity contribution in [2.24, 2.45) is 11.8 Å². The summed E-state index contributed by atoms with van der Waals surface area (Å²) in [5.74, 6) is 1.68. The van der Waals surface area contributed by atoms with Crippen molar-refractivity contribution in [3.63, 3.8) is 0 Å². The van der Waals surface area contributed by atoms with Gasteiger partial charge in [0.1, 0.15) is 0 Å². The molecule has 90 valence electrons. The van der Waals surface area contributed by atoms with Gasteiger partial charge in [0.05, 0.1) is 0 Å². The zero-order valence-electron chi connectivity index (χ0n) is 10.6. The maximum Gasteiger partial charge on any atom is 0.0440 e. The SMILES string of the molecule is CC(CC1CC1)NC(c1cccs1)C(C)C. The number of thiophene rings is 1. The Morgan fingerprint density at radius 2 is 2.12 bits per heavy atom. The van der Waals surface area contributed by atoms with Crippen molar-refractivity contribution < 1.29 is 0 Å². The zero-order valence-corrected chi connectivity index (χ0v) is 11.4. The Hall–Kier alpha value is -0.340. The van der Waals surface area contributed by atoms with E-state index < -0.39 is 0 Å². The fourth-order valence-corrected chi connectivity index (χ4v) is 3.26. The van der Waals surface area contributed by atoms with Gasteiger partial charge in [0, 0.05) is 17.0 Å². The van der Waals surface area contributed by atoms with Crippen molar-refractivity contribution in [3.8, 4) is 0 Å². The molecule has 1 fully saturated rings. The lowest BCUT2D eigenvalue weighted by Gasteiger charge is -2.25. The summed E-state index contributed by atoms with van der Waals surface area (Å²) in [4.78, 5) is 1.48. The Morgan fingerprint density at radius 1 is 1.38 bits per heavy atom. The molecule has 2 rings (SSSR count). The van der Waals surface area contributed by atoms with E-state index in [0.29, 0.717) is 18.0 Å². The van der Waals surface area contributed by atoms with Crippen LogP contribution in [-0.2, 0) is 0 Å². The fraction of sp³-hybridized carbons (Fsp3) is 0.714. The average molecular weight is 237 g/mol. The van der Waals surface area contributed by atoms with Gasteiger partial charge in [-0.2, -0.15) is 0 Å². The van der Waals surface area contributed by atoms with E-state index in [4.69, 9.17) is 0 Å². The molecule has 0 aromatic carbocycles. The van der Waals surface area contributed by atoms with Crippen LogP contribution < -0.4 is 5.32 Å². The van der Waals surface area contributed by atoms with Crippen LogP contribution in [0, 0.1) is 11.8 Å². The highest BCUT2D eigenvalue weighted by Crippen LogP contribution is 2.34. The predicted octanol–water partition coefficient (Wildman–Crippen LogP) is 4.22. The Kier molecular flexibility index (Phi) is 4.04. The second-order valence-electron chi connectivity index (χ2n) is 5.48. The molecular formula is C14H23NS. The fourth-order valence-electron chi connectivity index (χ4n) is 2.30. The van der Waals surface area contributed by atoms with Gasteiger partial charge in [0.25, 0.3) is 0 Å². The molecule has 1 nitrogen and oxygen atoms in total. The second kappa shape index (κ2) is 5.33. The first-order valence-electron chi connectivity index (χ1n) is 6.46. The Morgan fingerprint density at radius 3 is 2.62 bits per heavy atom. The van der Waals surface area contributed by atoms with Crippen molar-refractivity contribution >= 4 is 11.3 Å². The minimum atomic E-state index is 0.536. The van der Waals surface area contributed by atoms with Crippen molar-refractivity contribution in [2.45, 2.75) is 52.1 Å². The summed E-state index contributed by atoms with van der Waals surface area (Å²) in [6.45, 7) is 6.95. The van der Waals surface area contributed by atoms with Gasteiger partial charge in [-0.25, -0.2) is 0 Å². The van der Waals surface area contributed by atoms with Crippen molar-refractivity contribution in [1.82, 2.24) is 5.32 Å². The quantitative estimate of drug-likeness (QED) is 0.781. The van der Waals surface area contributed by atoms with Crippen LogP contribution in [0.3, 0.4) is 0 Å². The largest absolute Gasteiger partial charge is 0.307 e. The Bertz CT molecular complexity index is 301. The van der Waals surface area contributed by atoms with Crippen molar-refractivity contribution in [3.05, 3.63) is 22.4 Å². The van der Waals surface area contributed by atoms with Crippen LogP contribution in [0.4, 0.5) is 0 Å². The third-order valence-electron chi connectivity index (χ3n) is 3.36. The summed E-state index contributed by atoms with van der Waals surface area (Å²) in [7, 11) is 0. The molecule has 2 atom stereocenters. The maximum atomic E-state index is 3.80. The Balaban J connectivity index is 1.91. The molecule has 1 aliphatic rings. The lowest BCUT2D eigenvalue weighted by Crippen LogP contribution is -2.33. The van der Waals surface area contributed by atoms with E-state index in [9.17, 15) is 0 Å². The van der Waals surface area contributed by atoms with Gasteiger partial charge in [-0.1, -0.05) is 32.8 Å². The molecule has 0 bridgehead atoms. The first-order chi connectivity index (χ1) is 7.66. The highest BCUT2D eigenvalue weighted by molar-refractivity contribution is 7.10. The summed E-state index contributed by atoms with van der Waals surface area (Å²) in [5.41, 5.74) is 0. The third kappa shape index (κ3) is 3.33. The molecular weight excluding hydrogens is 214 g/mol. The minimum Gasteiger partial charge on any atom is -0.307 e. The second-order valence-corrected chi connectivity index (χ2v) is 6.46. The minimum absolute atomic E-state index is 0.536. The lowest BCUT2D eigenvalue weighted by molar-refractivity contribution is 0.356. The third-order valence-corrected chi connectivity index (χ3v) is 4.32. The monoisotopic (exact) mass is 237 g/mol. The molecule has 1 N–H and O–H groups in total. The summed E-state index contributed by atoms with van der Waals surface area (Å²) in [6, 6.07) is 5.60. The smallest absolute Gasteiger partial charge is 0.0440 e. The molecule has 2 unspecified atom stereocenters. The highest BCUT2D eigenvalue weighted by atomic mass is 32.1. The van der Waals surface area contributed by atoms with Gasteiger partial charge in [-0.3, -0.25) is 0 Å². The first-order valence-corrected chi connectivity index (χ1v) is 7.34. The first kappa shape index (κ1) is 12.1. The van der Waals surface area contributed by atoms with Crippen LogP contribution in [0.1, 0.15) is 51.0 Å². The molecule has 0 radical (unpaired) electrons. The van der Waals surface area contributed by atoms with Gasteiger partial charge in [0.15, 0.2) is 0 Å². The van der Waals surface area contributed by atoms with Crippen LogP contribution in [0.15, 0.2) is 17.5 Å². The summed E-state index contributed by atoms with van der Waals surface area (Å²) >= 11 is 1.87. The summed E-state index contributed by atoms with van der Waals surface area (Å²) in [5, 5.41) is 5.98. The molecule has 0 amide bonds. The van der Waals surface area contributed by atoms with Gasteiger partial charge in [0.2, 0.25) is 0 Å². The molecule has 1 aromatic heterocycles. The molecule has 1 aliphatic carbocycles. The van der Waals surface area contributed by atoms with Crippen molar-refractivity contribution in [2.75, 3.05) is 0 Å². The van der Waals surface area contributed by atoms with E-state index in [-0.39, 0.29) is 0 Å². The molecule has 0 saturated heterocycles. The molecule has 0 aliphatic heterocycles. The maximum absolute atomic E-state index is 3.80. The van der Waals surface area contributed by atoms with E-state index in [2.05, 4.69) is 43.6 Å². The van der Waals surface area contributed by atoms with Gasteiger partial charge < -0.3 is 5.32 Å². The zero-order chi connectivity index (χ0) is 11.5. The highest BCUT2D eigenvalue weighted by Gasteiger charge is 2.25. The summed E-state index contributed by atoms with van der Waals surface area (Å²) < 4.78 is 0. The Labute approximate surface area is 103 Å². The van der Waals surface area contributed by atoms with E-state index in [0.717, 1.165) is 5.92 Å². The average Bonchev–Trinajstić information content (AvgIpc) is 2.87. The van der Waals surface area contributed by atoms with Gasteiger partial charge in [-0.15, -0.1) is 11.3 Å². The summed E-state index contributed by atoms with van der Waals surface area (Å²) in [6.07, 6.45) is 4.27. The molecule has 16 heavy (non-hydrogen) atoms. The van der Waals surface area contributed by atoms with E-state index in [1.807, 2.05) is 11.3 Å². The molecule has 0 spiro atoms. The van der Waals surface area contributed by atoms with Crippen molar-refractivity contribution in [1.29, 1.82) is 0 Å². The van der Waals surface area contributed by atoms with Crippen LogP contribution in [0.2, 0.25) is 0 Å². The number of hydrogen-bond donors (Lipinski definition) is 1. The predicted molar refractivity (Wildman–Crippen MR) is 71.8 cm³/mol. The topological polar surface area (TPSA) is 12.0 Å². The van der Waals surface area contributed by atoms with Crippen LogP contribution in [-0.4, -0.2) is 6.04 Å². The number of hydrogen-bond acceptors (Lipinski definition) is 2. The van der Waals surface area contributed by atoms with Gasteiger partial charge >= 0.3 is 0 Å². The van der Waals surface area contributed by atoms with E-state index in [1.165, 1.54) is 24.1 Å². The number of rotatable bonds is 6. The normalized spacial score (nSPS) is 20.0. The number of nitrogens with one attached hydrogen (secondary N) is 1. The molecule has 1 aromatic rings. The molecule has 1 saturated carbocycles. The van der Waals surface area contributed by atoms with Crippen LogP contribution >= 0.6 is 11.3 Å². The van der Waals surface area contributed by atoms with E-state index in [1.54, 1.807) is 0 Å².